The molecule has 0 aromatic rings. The highest BCUT2D eigenvalue weighted by atomic mass is 16.4. The van der Waals surface area contributed by atoms with Crippen LogP contribution in [-0.2, 0) is 0 Å². The van der Waals surface area contributed by atoms with Gasteiger partial charge in [-0.1, -0.05) is 32.9 Å². The molecule has 0 heterocycles. The second-order valence-corrected chi connectivity index (χ2v) is 6.54. The molecule has 0 aromatic heterocycles. The second-order valence-electron chi connectivity index (χ2n) is 6.54. The molecule has 3 unspecified atom stereocenters. The average molecular weight is 255 g/mol. The van der Waals surface area contributed by atoms with Gasteiger partial charge in [0.05, 0.1) is 0 Å². The molecule has 1 rings (SSSR count). The quantitative estimate of drug-likeness (QED) is 0.306. The van der Waals surface area contributed by atoms with Gasteiger partial charge in [0.1, 0.15) is 5.84 Å². The van der Waals surface area contributed by atoms with Crippen molar-refractivity contribution in [2.45, 2.75) is 59.4 Å². The lowest BCUT2D eigenvalue weighted by atomic mass is 9.79. The number of hydrogen-bond acceptors (Lipinski definition) is 3. The maximum absolute atomic E-state index is 8.72. The molecule has 1 aliphatic carbocycles. The zero-order chi connectivity index (χ0) is 13.8. The van der Waals surface area contributed by atoms with E-state index in [2.05, 4.69) is 24.3 Å². The summed E-state index contributed by atoms with van der Waals surface area (Å²) >= 11 is 0. The number of oxime groups is 1. The fraction of sp³-hybridized carbons (Fsp3) is 0.929. The van der Waals surface area contributed by atoms with E-state index in [1.165, 1.54) is 19.3 Å². The third-order valence-electron chi connectivity index (χ3n) is 4.58. The molecule has 0 aliphatic heterocycles. The molecule has 106 valence electrons. The highest BCUT2D eigenvalue weighted by Crippen LogP contribution is 2.29. The summed E-state index contributed by atoms with van der Waals surface area (Å²) in [6.45, 7) is 9.64. The van der Waals surface area contributed by atoms with Crippen molar-refractivity contribution in [1.29, 1.82) is 0 Å². The van der Waals surface area contributed by atoms with Gasteiger partial charge in [-0.2, -0.15) is 0 Å². The molecule has 4 nitrogen and oxygen atoms in total. The Bertz CT molecular complexity index is 289. The number of nitrogens with zero attached hydrogens (tertiary/aromatic N) is 1. The Morgan fingerprint density at radius 3 is 2.56 bits per heavy atom. The summed E-state index contributed by atoms with van der Waals surface area (Å²) in [7, 11) is 0. The van der Waals surface area contributed by atoms with Crippen LogP contribution in [0.5, 0.6) is 0 Å². The molecule has 1 aliphatic rings. The molecule has 0 saturated heterocycles. The number of nitrogens with two attached hydrogens (primary N) is 1. The van der Waals surface area contributed by atoms with Crippen LogP contribution < -0.4 is 11.1 Å². The Hall–Kier alpha value is -0.770. The van der Waals surface area contributed by atoms with Crippen LogP contribution in [0.3, 0.4) is 0 Å². The summed E-state index contributed by atoms with van der Waals surface area (Å²) < 4.78 is 0. The van der Waals surface area contributed by atoms with E-state index in [9.17, 15) is 0 Å². The van der Waals surface area contributed by atoms with E-state index >= 15 is 0 Å². The Morgan fingerprint density at radius 1 is 1.33 bits per heavy atom. The van der Waals surface area contributed by atoms with Crippen molar-refractivity contribution in [2.75, 3.05) is 6.54 Å². The molecular weight excluding hydrogens is 226 g/mol. The molecule has 0 radical (unpaired) electrons. The molecule has 0 bridgehead atoms. The molecule has 0 spiro atoms. The van der Waals surface area contributed by atoms with Crippen LogP contribution in [0.15, 0.2) is 5.16 Å². The first-order chi connectivity index (χ1) is 8.36. The Balaban J connectivity index is 2.30. The monoisotopic (exact) mass is 255 g/mol. The van der Waals surface area contributed by atoms with E-state index in [0.29, 0.717) is 11.9 Å². The first-order valence-corrected chi connectivity index (χ1v) is 7.08. The van der Waals surface area contributed by atoms with Gasteiger partial charge in [-0.05, 0) is 44.1 Å². The van der Waals surface area contributed by atoms with Crippen molar-refractivity contribution in [3.63, 3.8) is 0 Å². The normalized spacial score (nSPS) is 30.4. The smallest absolute Gasteiger partial charge is 0.144 e. The highest BCUT2D eigenvalue weighted by Gasteiger charge is 2.26. The third-order valence-corrected chi connectivity index (χ3v) is 4.58. The highest BCUT2D eigenvalue weighted by molar-refractivity contribution is 5.85. The lowest BCUT2D eigenvalue weighted by Crippen LogP contribution is -2.40. The van der Waals surface area contributed by atoms with E-state index in [1.807, 2.05) is 13.8 Å². The fourth-order valence-electron chi connectivity index (χ4n) is 2.59. The zero-order valence-corrected chi connectivity index (χ0v) is 12.2. The van der Waals surface area contributed by atoms with Crippen molar-refractivity contribution in [1.82, 2.24) is 5.32 Å². The van der Waals surface area contributed by atoms with Gasteiger partial charge in [0.25, 0.3) is 0 Å². The number of rotatable bonds is 5. The zero-order valence-electron chi connectivity index (χ0n) is 12.2. The van der Waals surface area contributed by atoms with Crippen LogP contribution >= 0.6 is 0 Å². The fourth-order valence-corrected chi connectivity index (χ4v) is 2.59. The van der Waals surface area contributed by atoms with Gasteiger partial charge in [-0.15, -0.1) is 0 Å². The molecule has 18 heavy (non-hydrogen) atoms. The van der Waals surface area contributed by atoms with Gasteiger partial charge in [0.2, 0.25) is 0 Å². The average Bonchev–Trinajstić information content (AvgIpc) is 2.32. The van der Waals surface area contributed by atoms with Crippen molar-refractivity contribution in [2.24, 2.45) is 28.1 Å². The van der Waals surface area contributed by atoms with Gasteiger partial charge >= 0.3 is 0 Å². The molecule has 4 N–H and O–H groups in total. The SMILES string of the molecule is CC1CCC(NCCC(C)(C)C(N)=NO)CC1C. The van der Waals surface area contributed by atoms with Gasteiger partial charge < -0.3 is 16.3 Å². The minimum Gasteiger partial charge on any atom is -0.409 e. The first kappa shape index (κ1) is 15.3. The predicted octanol–water partition coefficient (Wildman–Crippen LogP) is 2.56. The van der Waals surface area contributed by atoms with Crippen molar-refractivity contribution < 1.29 is 5.21 Å². The Labute approximate surface area is 111 Å². The van der Waals surface area contributed by atoms with Crippen molar-refractivity contribution in [3.05, 3.63) is 0 Å². The minimum absolute atomic E-state index is 0.241. The molecule has 1 fully saturated rings. The summed E-state index contributed by atoms with van der Waals surface area (Å²) in [5, 5.41) is 15.5. The third kappa shape index (κ3) is 4.16. The summed E-state index contributed by atoms with van der Waals surface area (Å²) in [4.78, 5) is 0. The van der Waals surface area contributed by atoms with Crippen molar-refractivity contribution in [3.8, 4) is 0 Å². The van der Waals surface area contributed by atoms with E-state index < -0.39 is 0 Å². The van der Waals surface area contributed by atoms with E-state index in [0.717, 1.165) is 24.8 Å². The molecule has 0 amide bonds. The Kier molecular flexibility index (Phi) is 5.45. The van der Waals surface area contributed by atoms with Gasteiger partial charge in [0, 0.05) is 11.5 Å². The molecule has 0 aromatic carbocycles. The lowest BCUT2D eigenvalue weighted by molar-refractivity contribution is 0.223. The first-order valence-electron chi connectivity index (χ1n) is 7.08. The molecule has 4 heteroatoms. The maximum Gasteiger partial charge on any atom is 0.144 e. The molecule has 3 atom stereocenters. The van der Waals surface area contributed by atoms with Crippen LogP contribution in [0.25, 0.3) is 0 Å². The summed E-state index contributed by atoms with van der Waals surface area (Å²) in [5.74, 6) is 1.99. The summed E-state index contributed by atoms with van der Waals surface area (Å²) in [6.07, 6.45) is 4.76. The Morgan fingerprint density at radius 2 is 2.00 bits per heavy atom. The topological polar surface area (TPSA) is 70.6 Å². The largest absolute Gasteiger partial charge is 0.409 e. The number of amidine groups is 1. The minimum atomic E-state index is -0.241. The predicted molar refractivity (Wildman–Crippen MR) is 75.8 cm³/mol. The van der Waals surface area contributed by atoms with E-state index in [4.69, 9.17) is 10.9 Å². The van der Waals surface area contributed by atoms with Crippen molar-refractivity contribution >= 4 is 5.84 Å². The molecular formula is C14H29N3O. The van der Waals surface area contributed by atoms with E-state index in [1.54, 1.807) is 0 Å². The summed E-state index contributed by atoms with van der Waals surface area (Å²) in [5.41, 5.74) is 5.44. The number of hydrogen-bond donors (Lipinski definition) is 3. The van der Waals surface area contributed by atoms with Crippen LogP contribution in [0.1, 0.15) is 53.4 Å². The van der Waals surface area contributed by atoms with Crippen LogP contribution in [0.2, 0.25) is 0 Å². The van der Waals surface area contributed by atoms with Gasteiger partial charge in [0.15, 0.2) is 0 Å². The van der Waals surface area contributed by atoms with Crippen LogP contribution in [-0.4, -0.2) is 23.6 Å². The number of nitrogens with one attached hydrogen (secondary N) is 1. The van der Waals surface area contributed by atoms with Crippen LogP contribution in [0, 0.1) is 17.3 Å². The van der Waals surface area contributed by atoms with Gasteiger partial charge in [-0.3, -0.25) is 0 Å². The summed E-state index contributed by atoms with van der Waals surface area (Å²) in [6, 6.07) is 0.638. The molecule has 1 saturated carbocycles. The maximum atomic E-state index is 8.72. The van der Waals surface area contributed by atoms with Gasteiger partial charge in [-0.25, -0.2) is 0 Å². The second kappa shape index (κ2) is 6.41. The van der Waals surface area contributed by atoms with E-state index in [-0.39, 0.29) is 5.41 Å². The lowest BCUT2D eigenvalue weighted by Gasteiger charge is -2.33. The standard InChI is InChI=1S/C14H29N3O/c1-10-5-6-12(9-11(10)2)16-8-7-14(3,4)13(15)17-18/h10-12,16,18H,5-9H2,1-4H3,(H2,15,17). The van der Waals surface area contributed by atoms with Crippen LogP contribution in [0.4, 0.5) is 0 Å².